The molecule has 0 aliphatic heterocycles. The Kier molecular flexibility index (Phi) is 3.43. The van der Waals surface area contributed by atoms with Gasteiger partial charge in [0, 0.05) is 29.6 Å². The van der Waals surface area contributed by atoms with Crippen molar-refractivity contribution in [2.45, 2.75) is 19.4 Å². The van der Waals surface area contributed by atoms with Crippen LogP contribution in [0.3, 0.4) is 0 Å². The van der Waals surface area contributed by atoms with E-state index in [0.717, 1.165) is 30.3 Å². The molecule has 0 aliphatic carbocycles. The normalized spacial score (nSPS) is 10.6. The van der Waals surface area contributed by atoms with Gasteiger partial charge in [0.2, 0.25) is 0 Å². The first kappa shape index (κ1) is 11.4. The van der Waals surface area contributed by atoms with Crippen molar-refractivity contribution in [2.24, 2.45) is 0 Å². The molecule has 0 saturated heterocycles. The Morgan fingerprint density at radius 3 is 2.88 bits per heavy atom. The molecule has 0 atom stereocenters. The molecule has 2 rings (SSSR count). The van der Waals surface area contributed by atoms with Gasteiger partial charge in [0.25, 0.3) is 0 Å². The number of aromatic nitrogens is 1. The van der Waals surface area contributed by atoms with Crippen LogP contribution in [0, 0.1) is 12.3 Å². The van der Waals surface area contributed by atoms with Crippen LogP contribution in [-0.2, 0) is 6.54 Å². The average molecular weight is 252 g/mol. The van der Waals surface area contributed by atoms with Crippen LogP contribution < -0.4 is 0 Å². The third-order valence-corrected chi connectivity index (χ3v) is 3.05. The van der Waals surface area contributed by atoms with Gasteiger partial charge in [0.05, 0.1) is 10.5 Å². The summed E-state index contributed by atoms with van der Waals surface area (Å²) in [6.45, 7) is 0.893. The van der Waals surface area contributed by atoms with E-state index in [-0.39, 0.29) is 0 Å². The van der Waals surface area contributed by atoms with Gasteiger partial charge in [0.1, 0.15) is 0 Å². The number of unbranched alkanes of at least 4 members (excludes halogenated alkanes) is 1. The van der Waals surface area contributed by atoms with Crippen LogP contribution in [0.5, 0.6) is 0 Å². The summed E-state index contributed by atoms with van der Waals surface area (Å²) in [4.78, 5) is 0. The molecular weight excluding hydrogens is 241 g/mol. The minimum absolute atomic E-state index is 0.661. The van der Waals surface area contributed by atoms with Crippen molar-refractivity contribution in [1.82, 2.24) is 4.57 Å². The lowest BCUT2D eigenvalue weighted by Gasteiger charge is -2.04. The van der Waals surface area contributed by atoms with Crippen LogP contribution in [0.2, 0.25) is 10.0 Å². The van der Waals surface area contributed by atoms with E-state index in [1.165, 1.54) is 0 Å². The fourth-order valence-corrected chi connectivity index (χ4v) is 2.31. The molecule has 0 spiro atoms. The molecule has 16 heavy (non-hydrogen) atoms. The Balaban J connectivity index is 2.37. The number of terminal acetylenes is 1. The number of hydrogen-bond donors (Lipinski definition) is 0. The fourth-order valence-electron chi connectivity index (χ4n) is 1.77. The molecule has 1 heterocycles. The van der Waals surface area contributed by atoms with Crippen molar-refractivity contribution < 1.29 is 0 Å². The molecule has 82 valence electrons. The molecule has 0 saturated carbocycles. The van der Waals surface area contributed by atoms with Crippen LogP contribution in [0.15, 0.2) is 24.4 Å². The first-order valence-electron chi connectivity index (χ1n) is 5.09. The minimum Gasteiger partial charge on any atom is -0.347 e. The van der Waals surface area contributed by atoms with Crippen molar-refractivity contribution in [1.29, 1.82) is 0 Å². The van der Waals surface area contributed by atoms with Gasteiger partial charge in [-0.2, -0.15) is 0 Å². The lowest BCUT2D eigenvalue weighted by atomic mass is 10.2. The zero-order chi connectivity index (χ0) is 11.5. The summed E-state index contributed by atoms with van der Waals surface area (Å²) in [5.74, 6) is 2.64. The van der Waals surface area contributed by atoms with E-state index >= 15 is 0 Å². The summed E-state index contributed by atoms with van der Waals surface area (Å²) < 4.78 is 2.13. The molecule has 0 N–H and O–H groups in total. The molecule has 1 aromatic carbocycles. The summed E-state index contributed by atoms with van der Waals surface area (Å²) in [6, 6.07) is 5.69. The molecule has 0 radical (unpaired) electrons. The second kappa shape index (κ2) is 4.82. The molecule has 3 heteroatoms. The average Bonchev–Trinajstić information content (AvgIpc) is 2.62. The lowest BCUT2D eigenvalue weighted by molar-refractivity contribution is 0.677. The maximum atomic E-state index is 6.11. The third kappa shape index (κ3) is 2.19. The number of aryl methyl sites for hydroxylation is 1. The van der Waals surface area contributed by atoms with Gasteiger partial charge in [0.15, 0.2) is 0 Å². The van der Waals surface area contributed by atoms with Crippen molar-refractivity contribution >= 4 is 34.1 Å². The minimum atomic E-state index is 0.661. The second-order valence-electron chi connectivity index (χ2n) is 3.64. The standard InChI is InChI=1S/C13H11Cl2N/c1-2-3-4-6-16-7-5-11-12(15)8-10(14)9-13(11)16/h1,5,7-9H,3-4,6H2. The van der Waals surface area contributed by atoms with E-state index in [1.807, 2.05) is 18.3 Å². The summed E-state index contributed by atoms with van der Waals surface area (Å²) >= 11 is 12.1. The van der Waals surface area contributed by atoms with Crippen LogP contribution in [0.25, 0.3) is 10.9 Å². The van der Waals surface area contributed by atoms with Crippen LogP contribution in [0.1, 0.15) is 12.8 Å². The zero-order valence-corrected chi connectivity index (χ0v) is 10.2. The Morgan fingerprint density at radius 1 is 1.31 bits per heavy atom. The largest absolute Gasteiger partial charge is 0.347 e. The van der Waals surface area contributed by atoms with Gasteiger partial charge in [-0.25, -0.2) is 0 Å². The number of rotatable bonds is 3. The van der Waals surface area contributed by atoms with Crippen molar-refractivity contribution in [3.05, 3.63) is 34.4 Å². The summed E-state index contributed by atoms with van der Waals surface area (Å²) in [5.41, 5.74) is 1.06. The Bertz CT molecular complexity index is 549. The SMILES string of the molecule is C#CCCCn1ccc2c(Cl)cc(Cl)cc21. The Hall–Kier alpha value is -1.10. The van der Waals surface area contributed by atoms with Crippen LogP contribution in [-0.4, -0.2) is 4.57 Å². The maximum Gasteiger partial charge on any atom is 0.0514 e. The monoisotopic (exact) mass is 251 g/mol. The van der Waals surface area contributed by atoms with Gasteiger partial charge >= 0.3 is 0 Å². The first-order chi connectivity index (χ1) is 7.72. The molecule has 0 aliphatic rings. The summed E-state index contributed by atoms with van der Waals surface area (Å²) in [7, 11) is 0. The predicted molar refractivity (Wildman–Crippen MR) is 70.0 cm³/mol. The number of fused-ring (bicyclic) bond motifs is 1. The van der Waals surface area contributed by atoms with Crippen molar-refractivity contribution in [3.63, 3.8) is 0 Å². The van der Waals surface area contributed by atoms with Gasteiger partial charge in [-0.3, -0.25) is 0 Å². The van der Waals surface area contributed by atoms with E-state index in [1.54, 1.807) is 6.07 Å². The quantitative estimate of drug-likeness (QED) is 0.565. The third-order valence-electron chi connectivity index (χ3n) is 2.52. The van der Waals surface area contributed by atoms with Crippen molar-refractivity contribution in [2.75, 3.05) is 0 Å². The molecular formula is C13H11Cl2N. The highest BCUT2D eigenvalue weighted by molar-refractivity contribution is 6.38. The fraction of sp³-hybridized carbons (Fsp3) is 0.231. The first-order valence-corrected chi connectivity index (χ1v) is 5.85. The number of halogens is 2. The van der Waals surface area contributed by atoms with Gasteiger partial charge < -0.3 is 4.57 Å². The topological polar surface area (TPSA) is 4.93 Å². The van der Waals surface area contributed by atoms with E-state index in [2.05, 4.69) is 10.5 Å². The lowest BCUT2D eigenvalue weighted by Crippen LogP contribution is -1.95. The zero-order valence-electron chi connectivity index (χ0n) is 8.71. The second-order valence-corrected chi connectivity index (χ2v) is 4.48. The van der Waals surface area contributed by atoms with Crippen LogP contribution >= 0.6 is 23.2 Å². The van der Waals surface area contributed by atoms with E-state index in [9.17, 15) is 0 Å². The summed E-state index contributed by atoms with van der Waals surface area (Å²) in [6.07, 6.45) is 8.99. The Morgan fingerprint density at radius 2 is 2.12 bits per heavy atom. The molecule has 0 amide bonds. The van der Waals surface area contributed by atoms with E-state index in [0.29, 0.717) is 10.0 Å². The molecule has 1 nitrogen and oxygen atoms in total. The maximum absolute atomic E-state index is 6.11. The molecule has 0 unspecified atom stereocenters. The number of hydrogen-bond acceptors (Lipinski definition) is 0. The molecule has 1 aromatic heterocycles. The highest BCUT2D eigenvalue weighted by Crippen LogP contribution is 2.28. The highest BCUT2D eigenvalue weighted by atomic mass is 35.5. The number of nitrogens with zero attached hydrogens (tertiary/aromatic N) is 1. The predicted octanol–water partition coefficient (Wildman–Crippen LogP) is 4.36. The van der Waals surface area contributed by atoms with E-state index in [4.69, 9.17) is 29.6 Å². The molecule has 0 bridgehead atoms. The summed E-state index contributed by atoms with van der Waals surface area (Å²) in [5, 5.41) is 2.39. The van der Waals surface area contributed by atoms with E-state index < -0.39 is 0 Å². The Labute approximate surface area is 105 Å². The number of benzene rings is 1. The van der Waals surface area contributed by atoms with Crippen LogP contribution in [0.4, 0.5) is 0 Å². The smallest absolute Gasteiger partial charge is 0.0514 e. The molecule has 0 fully saturated rings. The highest BCUT2D eigenvalue weighted by Gasteiger charge is 2.05. The van der Waals surface area contributed by atoms with Crippen molar-refractivity contribution in [3.8, 4) is 12.3 Å². The van der Waals surface area contributed by atoms with Gasteiger partial charge in [-0.05, 0) is 24.6 Å². The van der Waals surface area contributed by atoms with Gasteiger partial charge in [-0.15, -0.1) is 12.3 Å². The molecule has 2 aromatic rings. The van der Waals surface area contributed by atoms with Gasteiger partial charge in [-0.1, -0.05) is 23.2 Å².